The van der Waals surface area contributed by atoms with Crippen molar-refractivity contribution in [1.29, 1.82) is 16.2 Å². The van der Waals surface area contributed by atoms with Crippen LogP contribution in [0.1, 0.15) is 145 Å². The maximum atomic E-state index is 15.9. The van der Waals surface area contributed by atoms with Gasteiger partial charge in [-0.3, -0.25) is 88.1 Å². The van der Waals surface area contributed by atoms with Gasteiger partial charge < -0.3 is 156 Å². The van der Waals surface area contributed by atoms with E-state index in [1.165, 1.54) is 48.5 Å². The number of unbranched alkanes of at least 4 members (excludes halogenated alkanes) is 2. The fourth-order valence-corrected chi connectivity index (χ4v) is 17.4. The smallest absolute Gasteiger partial charge is 0.312 e. The number of phenolic OH excluding ortho intramolecular Hbond substituents is 2. The van der Waals surface area contributed by atoms with Crippen molar-refractivity contribution in [3.8, 4) is 11.5 Å². The second-order valence-electron chi connectivity index (χ2n) is 33.4. The molecule has 2 aliphatic rings. The number of amides is 18. The summed E-state index contributed by atoms with van der Waals surface area (Å²) >= 11 is 0. The number of carboxylic acids is 1. The number of primary amides is 3. The number of carbonyl (C=O) groups excluding carboxylic acids is 16. The summed E-state index contributed by atoms with van der Waals surface area (Å²) in [6, 6.07) is -0.675. The molecule has 2 saturated heterocycles. The molecule has 0 bridgehead atoms. The molecule has 51 heteroatoms. The number of fused-ring (bicyclic) bond motifs is 2. The number of nitrogens with zero attached hydrogens (tertiary/aromatic N) is 1. The molecule has 2 heterocycles. The number of hydrogen-bond donors (Lipinski definition) is 31. The minimum atomic E-state index is -1.89. The highest BCUT2D eigenvalue weighted by molar-refractivity contribution is 8.76. The third kappa shape index (κ3) is 42.1. The van der Waals surface area contributed by atoms with E-state index in [2.05, 4.69) is 90.4 Å². The van der Waals surface area contributed by atoms with Crippen LogP contribution in [0, 0.1) is 16.2 Å². The Labute approximate surface area is 810 Å². The summed E-state index contributed by atoms with van der Waals surface area (Å²) in [7, 11) is 1.51. The standard InChI is InChI=1S/C88H133N29O20S2/c89-35-5-3-15-58-75(127)111-62(33-34-70(121)122)83(135)117-42-12-21-68(117)82(134)114-64(45-50-26-31-55(119)32-27-50)78(130)110-59(18-9-39-102-86(96)97)74(126)108-61(20-11-41-104-88(99)137)76(128)115-66(80(132)106-56(71(91)123)16-7-37-100-84(92)93)47-138-139-48-67(81(133)113-63(44-49-24-29-54(118)30-25-49)77(129)109-60(73(125)107-58)19-10-40-103-87(98)136)116-79(131)65(46-51-23-28-52-13-1-2-14-53(52)43-51)112-72(124)57(17-8-38-101-85(94)95)105-69(120)22-4-6-36-90/h1-2,13-14,23-32,43,56-68,118-119H,3-12,15-22,33-42,44-48,89-90H2,(H2,91,123)(H,105,120)(H,106,132)(H,107,125)(H,108,126)(H,109,129)(H,110,130)(H,111,127)(H,112,124)(H,113,133)(H,114,134)(H,115,128)(H,116,131)(H,121,122)(H4,92,93,100)(H4,94,95,101)(H4,96,97,102)(H3,98,103,136)(H3,99,104,137)/t56-,57-,58-,59-,60-,61-,62+,63-,64-,65-,66-,67-,68-/m0/s1. The first kappa shape index (κ1) is 113. The van der Waals surface area contributed by atoms with E-state index in [1.807, 2.05) is 6.07 Å². The Morgan fingerprint density at radius 1 is 0.432 bits per heavy atom. The topological polar surface area (TPSA) is 838 Å². The van der Waals surface area contributed by atoms with E-state index in [1.54, 1.807) is 36.4 Å². The number of carbonyl (C=O) groups is 17. The van der Waals surface area contributed by atoms with Crippen LogP contribution >= 0.6 is 21.6 Å². The van der Waals surface area contributed by atoms with Gasteiger partial charge in [0.25, 0.3) is 0 Å². The van der Waals surface area contributed by atoms with Crippen molar-refractivity contribution in [2.24, 2.45) is 45.9 Å². The molecule has 39 N–H and O–H groups in total. The van der Waals surface area contributed by atoms with E-state index < -0.39 is 228 Å². The number of guanidine groups is 3. The number of nitrogens with two attached hydrogens (primary N) is 8. The molecule has 0 spiro atoms. The summed E-state index contributed by atoms with van der Waals surface area (Å²) in [6.45, 7) is -0.328. The van der Waals surface area contributed by atoms with Gasteiger partial charge in [-0.25, -0.2) is 9.59 Å². The summed E-state index contributed by atoms with van der Waals surface area (Å²) in [4.78, 5) is 249. The first-order valence-corrected chi connectivity index (χ1v) is 48.2. The van der Waals surface area contributed by atoms with Crippen molar-refractivity contribution < 1.29 is 96.8 Å². The van der Waals surface area contributed by atoms with E-state index in [4.69, 9.17) is 62.1 Å². The molecule has 6 rings (SSSR count). The largest absolute Gasteiger partial charge is 0.508 e. The van der Waals surface area contributed by atoms with Crippen LogP contribution in [0.3, 0.4) is 0 Å². The van der Waals surface area contributed by atoms with Crippen LogP contribution < -0.4 is 136 Å². The number of carboxylic acid groups (broad SMARTS) is 1. The molecule has 0 aromatic heterocycles. The highest BCUT2D eigenvalue weighted by atomic mass is 33.1. The number of nitrogens with one attached hydrogen (secondary N) is 20. The SMILES string of the molecule is N=C(N)NCCC[C@H](NC(=O)[C@@H]1CSSC[C@H](NC(=O)[C@H](Cc2ccc3ccccc3c2)NC(=O)[C@H](CCCNC(=N)N)NC(=O)CCCCN)C(=O)N[C@@H](Cc2ccc(O)cc2)C(=O)N[C@@H](CCCNC(N)=O)C(=O)N[C@@H](CCCCN)C(=O)N[C@H](CCC(=O)O)C(=O)N2CCC[C@H]2C(=O)N[C@@H](Cc2ccc(O)cc2)C(=O)N[C@@H](CCCNC(=N)N)C(=O)N[C@@H](CCCNC(N)=O)C(=O)N1)C(N)=O. The fraction of sp³-hybridized carbons (Fsp3) is 0.523. The number of aliphatic carboxylic acids is 1. The minimum Gasteiger partial charge on any atom is -0.508 e. The third-order valence-corrected chi connectivity index (χ3v) is 24.8. The molecular weight excluding hydrogens is 1850 g/mol. The predicted octanol–water partition coefficient (Wildman–Crippen LogP) is -5.22. The van der Waals surface area contributed by atoms with Crippen molar-refractivity contribution in [1.82, 2.24) is 95.3 Å². The molecule has 0 aliphatic carbocycles. The average molecular weight is 1980 g/mol. The van der Waals surface area contributed by atoms with Crippen LogP contribution in [0.15, 0.2) is 91.0 Å². The van der Waals surface area contributed by atoms with Crippen LogP contribution in [0.25, 0.3) is 10.8 Å². The third-order valence-electron chi connectivity index (χ3n) is 22.4. The molecule has 18 amide bonds. The zero-order valence-corrected chi connectivity index (χ0v) is 78.8. The lowest BCUT2D eigenvalue weighted by molar-refractivity contribution is -0.143. The fourth-order valence-electron chi connectivity index (χ4n) is 15.0. The van der Waals surface area contributed by atoms with Crippen LogP contribution in [0.4, 0.5) is 9.59 Å². The average Bonchev–Trinajstić information content (AvgIpc) is 1.68. The van der Waals surface area contributed by atoms with Gasteiger partial charge in [0.1, 0.15) is 90.0 Å². The van der Waals surface area contributed by atoms with Crippen molar-refractivity contribution in [3.63, 3.8) is 0 Å². The molecule has 0 unspecified atom stereocenters. The second-order valence-corrected chi connectivity index (χ2v) is 35.9. The summed E-state index contributed by atoms with van der Waals surface area (Å²) in [6.07, 6.45) is -3.16. The summed E-state index contributed by atoms with van der Waals surface area (Å²) < 4.78 is 0. The number of benzene rings is 4. The Morgan fingerprint density at radius 2 is 0.871 bits per heavy atom. The van der Waals surface area contributed by atoms with Crippen LogP contribution in [-0.4, -0.2) is 281 Å². The predicted molar refractivity (Wildman–Crippen MR) is 517 cm³/mol. The monoisotopic (exact) mass is 1980 g/mol. The number of hydrogen-bond acceptors (Lipinski definition) is 26. The van der Waals surface area contributed by atoms with Crippen molar-refractivity contribution in [2.75, 3.05) is 63.9 Å². The van der Waals surface area contributed by atoms with E-state index in [0.717, 1.165) is 31.9 Å². The first-order valence-electron chi connectivity index (χ1n) is 45.7. The minimum absolute atomic E-state index is 0.00360. The highest BCUT2D eigenvalue weighted by Gasteiger charge is 2.43. The number of urea groups is 2. The molecule has 49 nitrogen and oxygen atoms in total. The van der Waals surface area contributed by atoms with Crippen LogP contribution in [0.5, 0.6) is 11.5 Å². The Kier molecular flexibility index (Phi) is 49.3. The molecule has 2 fully saturated rings. The van der Waals surface area contributed by atoms with Crippen LogP contribution in [0.2, 0.25) is 0 Å². The Balaban J connectivity index is 1.61. The molecule has 139 heavy (non-hydrogen) atoms. The van der Waals surface area contributed by atoms with Gasteiger partial charge in [-0.1, -0.05) is 88.3 Å². The highest BCUT2D eigenvalue weighted by Crippen LogP contribution is 2.27. The maximum absolute atomic E-state index is 15.9. The lowest BCUT2D eigenvalue weighted by atomic mass is 10.00. The zero-order chi connectivity index (χ0) is 102. The molecular formula is C88H133N29O20S2. The van der Waals surface area contributed by atoms with Gasteiger partial charge in [0, 0.05) is 82.9 Å². The Morgan fingerprint density at radius 3 is 1.37 bits per heavy atom. The summed E-state index contributed by atoms with van der Waals surface area (Å²) in [5.41, 5.74) is 46.2. The van der Waals surface area contributed by atoms with Gasteiger partial charge in [-0.05, 0) is 180 Å². The molecule has 2 aliphatic heterocycles. The van der Waals surface area contributed by atoms with Crippen molar-refractivity contribution in [3.05, 3.63) is 108 Å². The van der Waals surface area contributed by atoms with E-state index >= 15 is 57.5 Å². The Hall–Kier alpha value is -14.2. The normalized spacial score (nSPS) is 20.2. The zero-order valence-electron chi connectivity index (χ0n) is 77.2. The number of rotatable bonds is 45. The molecule has 13 atom stereocenters. The van der Waals surface area contributed by atoms with Gasteiger partial charge in [-0.2, -0.15) is 0 Å². The number of aromatic hydroxyl groups is 2. The van der Waals surface area contributed by atoms with Gasteiger partial charge in [0.2, 0.25) is 82.7 Å². The first-order chi connectivity index (χ1) is 66.3. The molecule has 0 radical (unpaired) electrons. The quantitative estimate of drug-likeness (QED) is 0.00851. The molecule has 4 aromatic carbocycles. The summed E-state index contributed by atoms with van der Waals surface area (Å²) in [5.74, 6) is -18.7. The molecule has 4 aromatic rings. The van der Waals surface area contributed by atoms with Gasteiger partial charge in [-0.15, -0.1) is 0 Å². The lowest BCUT2D eigenvalue weighted by Crippen LogP contribution is -2.61. The van der Waals surface area contributed by atoms with Gasteiger partial charge in [0.15, 0.2) is 17.9 Å². The lowest BCUT2D eigenvalue weighted by Gasteiger charge is -2.31. The van der Waals surface area contributed by atoms with E-state index in [9.17, 15) is 39.3 Å². The molecule has 0 saturated carbocycles. The number of phenols is 2. The van der Waals surface area contributed by atoms with E-state index in [0.29, 0.717) is 29.4 Å². The second kappa shape index (κ2) is 60.4. The van der Waals surface area contributed by atoms with Gasteiger partial charge >= 0.3 is 18.0 Å². The van der Waals surface area contributed by atoms with Crippen molar-refractivity contribution >= 4 is 151 Å². The van der Waals surface area contributed by atoms with Crippen molar-refractivity contribution in [2.45, 2.75) is 226 Å². The van der Waals surface area contributed by atoms with Crippen LogP contribution in [-0.2, 0) is 91.2 Å². The maximum Gasteiger partial charge on any atom is 0.312 e. The van der Waals surface area contributed by atoms with E-state index in [-0.39, 0.29) is 185 Å². The molecule has 762 valence electrons. The van der Waals surface area contributed by atoms with Gasteiger partial charge in [0.05, 0.1) is 0 Å². The summed E-state index contributed by atoms with van der Waals surface area (Å²) in [5, 5.41) is 100. The Bertz CT molecular complexity index is 4870.